The molecule has 1 atom stereocenters. The van der Waals surface area contributed by atoms with Crippen molar-refractivity contribution in [1.82, 2.24) is 0 Å². The largest absolute Gasteiger partial charge is 0.416 e. The van der Waals surface area contributed by atoms with E-state index in [0.717, 1.165) is 24.1 Å². The van der Waals surface area contributed by atoms with Crippen molar-refractivity contribution in [3.63, 3.8) is 0 Å². The number of benzene rings is 4. The first-order valence-corrected chi connectivity index (χ1v) is 13.0. The number of aryl methyl sites for hydroxylation is 2. The molecule has 0 aliphatic heterocycles. The van der Waals surface area contributed by atoms with E-state index in [1.807, 2.05) is 6.07 Å². The number of nitrogens with one attached hydrogen (secondary N) is 1. The highest BCUT2D eigenvalue weighted by atomic mass is 19.4. The molecule has 0 aliphatic carbocycles. The summed E-state index contributed by atoms with van der Waals surface area (Å²) >= 11 is 0. The molecule has 0 radical (unpaired) electrons. The molecule has 3 N–H and O–H groups in total. The lowest BCUT2D eigenvalue weighted by Crippen LogP contribution is -2.13. The standard InChI is InChI=1S/C16H13F6N.C8H8F3N.C8H10/c1-10(11-5-3-2-4-6-11)23-14-8-12(15(17,18)19)7-13(9-14)16(20,21)22;1-5-2-6(8(9,10)11)4-7(12)3-5;1-2-8-6-4-3-5-7-8/h2-10,23H,1H3;2-4H,12H2,1H3;3-7H,2H2,1H3. The minimum atomic E-state index is -4.85. The number of hydrogen-bond acceptors (Lipinski definition) is 2. The first-order valence-electron chi connectivity index (χ1n) is 13.0. The van der Waals surface area contributed by atoms with Gasteiger partial charge < -0.3 is 11.1 Å². The van der Waals surface area contributed by atoms with Crippen molar-refractivity contribution < 1.29 is 39.5 Å². The van der Waals surface area contributed by atoms with Crippen LogP contribution >= 0.6 is 0 Å². The van der Waals surface area contributed by atoms with Gasteiger partial charge in [-0.1, -0.05) is 67.6 Å². The van der Waals surface area contributed by atoms with Crippen LogP contribution in [0.25, 0.3) is 0 Å². The Bertz CT molecular complexity index is 1360. The molecule has 0 heterocycles. The minimum absolute atomic E-state index is 0.109. The summed E-state index contributed by atoms with van der Waals surface area (Å²) in [6.45, 7) is 5.39. The number of anilines is 2. The molecule has 0 saturated heterocycles. The quantitative estimate of drug-likeness (QED) is 0.177. The summed E-state index contributed by atoms with van der Waals surface area (Å²) in [5, 5.41) is 2.68. The van der Waals surface area contributed by atoms with Crippen molar-refractivity contribution >= 4 is 11.4 Å². The van der Waals surface area contributed by atoms with Crippen molar-refractivity contribution in [2.24, 2.45) is 0 Å². The third kappa shape index (κ3) is 11.9. The SMILES string of the molecule is CC(Nc1cc(C(F)(F)F)cc(C(F)(F)F)c1)c1ccccc1.CCc1ccccc1.Cc1cc(N)cc(C(F)(F)F)c1. The molecule has 11 heteroatoms. The smallest absolute Gasteiger partial charge is 0.399 e. The summed E-state index contributed by atoms with van der Waals surface area (Å²) in [6.07, 6.45) is -12.9. The zero-order chi connectivity index (χ0) is 32.4. The molecule has 0 saturated carbocycles. The van der Waals surface area contributed by atoms with Crippen molar-refractivity contribution in [2.45, 2.75) is 51.8 Å². The molecule has 43 heavy (non-hydrogen) atoms. The zero-order valence-electron chi connectivity index (χ0n) is 23.5. The van der Waals surface area contributed by atoms with Gasteiger partial charge in [0.25, 0.3) is 0 Å². The molecule has 0 fully saturated rings. The lowest BCUT2D eigenvalue weighted by Gasteiger charge is -2.19. The first-order chi connectivity index (χ1) is 19.9. The molecule has 0 aromatic heterocycles. The summed E-state index contributed by atoms with van der Waals surface area (Å²) in [7, 11) is 0. The van der Waals surface area contributed by atoms with Gasteiger partial charge in [-0.05, 0) is 73.4 Å². The summed E-state index contributed by atoms with van der Waals surface area (Å²) in [6, 6.07) is 23.7. The zero-order valence-corrected chi connectivity index (χ0v) is 23.5. The molecule has 4 aromatic rings. The predicted octanol–water partition coefficient (Wildman–Crippen LogP) is 10.7. The Morgan fingerprint density at radius 1 is 0.628 bits per heavy atom. The normalized spacial score (nSPS) is 12.3. The van der Waals surface area contributed by atoms with E-state index in [9.17, 15) is 39.5 Å². The van der Waals surface area contributed by atoms with Crippen molar-refractivity contribution in [2.75, 3.05) is 11.1 Å². The Balaban J connectivity index is 0.000000266. The highest BCUT2D eigenvalue weighted by Crippen LogP contribution is 2.38. The van der Waals surface area contributed by atoms with Crippen LogP contribution in [0.15, 0.2) is 97.1 Å². The molecule has 4 aromatic carbocycles. The Hall–Kier alpha value is -4.15. The fraction of sp³-hybridized carbons (Fsp3) is 0.250. The van der Waals surface area contributed by atoms with Gasteiger partial charge in [0.05, 0.1) is 16.7 Å². The summed E-state index contributed by atoms with van der Waals surface area (Å²) in [4.78, 5) is 0. The van der Waals surface area contributed by atoms with Gasteiger partial charge >= 0.3 is 18.5 Å². The first kappa shape index (κ1) is 35.0. The molecule has 1 unspecified atom stereocenters. The molecular formula is C32H31F9N2. The van der Waals surface area contributed by atoms with E-state index >= 15 is 0 Å². The van der Waals surface area contributed by atoms with Gasteiger partial charge in [-0.3, -0.25) is 0 Å². The average molecular weight is 615 g/mol. The average Bonchev–Trinajstić information content (AvgIpc) is 2.92. The molecule has 232 valence electrons. The van der Waals surface area contributed by atoms with Gasteiger partial charge in [0.15, 0.2) is 0 Å². The van der Waals surface area contributed by atoms with Crippen LogP contribution in [0, 0.1) is 6.92 Å². The van der Waals surface area contributed by atoms with E-state index in [4.69, 9.17) is 5.73 Å². The van der Waals surface area contributed by atoms with Crippen LogP contribution in [0.1, 0.15) is 53.3 Å². The van der Waals surface area contributed by atoms with Gasteiger partial charge in [-0.2, -0.15) is 39.5 Å². The topological polar surface area (TPSA) is 38.0 Å². The molecule has 0 aliphatic rings. The second-order valence-electron chi connectivity index (χ2n) is 9.54. The fourth-order valence-electron chi connectivity index (χ4n) is 3.80. The third-order valence-electron chi connectivity index (χ3n) is 5.95. The van der Waals surface area contributed by atoms with Crippen molar-refractivity contribution in [1.29, 1.82) is 0 Å². The van der Waals surface area contributed by atoms with Crippen molar-refractivity contribution in [3.05, 3.63) is 130 Å². The lowest BCUT2D eigenvalue weighted by atomic mass is 10.1. The van der Waals surface area contributed by atoms with Crippen LogP contribution in [-0.2, 0) is 24.9 Å². The van der Waals surface area contributed by atoms with E-state index in [2.05, 4.69) is 36.5 Å². The molecule has 0 amide bonds. The number of hydrogen-bond donors (Lipinski definition) is 2. The minimum Gasteiger partial charge on any atom is -0.399 e. The Morgan fingerprint density at radius 3 is 1.47 bits per heavy atom. The molecular weight excluding hydrogens is 583 g/mol. The summed E-state index contributed by atoms with van der Waals surface area (Å²) < 4.78 is 113. The van der Waals surface area contributed by atoms with Gasteiger partial charge in [0.2, 0.25) is 0 Å². The summed E-state index contributed by atoms with van der Waals surface area (Å²) in [5.74, 6) is 0. The number of alkyl halides is 9. The van der Waals surface area contributed by atoms with Crippen LogP contribution in [-0.4, -0.2) is 0 Å². The van der Waals surface area contributed by atoms with Gasteiger partial charge in [0, 0.05) is 17.4 Å². The second kappa shape index (κ2) is 14.8. The lowest BCUT2D eigenvalue weighted by molar-refractivity contribution is -0.143. The fourth-order valence-corrected chi connectivity index (χ4v) is 3.80. The number of nitrogen functional groups attached to an aromatic ring is 1. The van der Waals surface area contributed by atoms with E-state index in [-0.39, 0.29) is 17.4 Å². The maximum atomic E-state index is 12.8. The maximum absolute atomic E-state index is 12.8. The molecule has 2 nitrogen and oxygen atoms in total. The van der Waals surface area contributed by atoms with Crippen LogP contribution < -0.4 is 11.1 Å². The summed E-state index contributed by atoms with van der Waals surface area (Å²) in [5.41, 5.74) is 4.47. The number of halogens is 9. The highest BCUT2D eigenvalue weighted by Gasteiger charge is 2.37. The third-order valence-corrected chi connectivity index (χ3v) is 5.95. The Morgan fingerprint density at radius 2 is 1.07 bits per heavy atom. The monoisotopic (exact) mass is 614 g/mol. The number of rotatable bonds is 4. The highest BCUT2D eigenvalue weighted by molar-refractivity contribution is 5.52. The van der Waals surface area contributed by atoms with Crippen molar-refractivity contribution in [3.8, 4) is 0 Å². The molecule has 0 bridgehead atoms. The van der Waals surface area contributed by atoms with Crippen LogP contribution in [0.3, 0.4) is 0 Å². The second-order valence-corrected chi connectivity index (χ2v) is 9.54. The molecule has 4 rings (SSSR count). The Labute approximate surface area is 244 Å². The van der Waals surface area contributed by atoms with Crippen LogP contribution in [0.4, 0.5) is 50.9 Å². The van der Waals surface area contributed by atoms with Crippen LogP contribution in [0.5, 0.6) is 0 Å². The maximum Gasteiger partial charge on any atom is 0.416 e. The van der Waals surface area contributed by atoms with Crippen LogP contribution in [0.2, 0.25) is 0 Å². The molecule has 0 spiro atoms. The van der Waals surface area contributed by atoms with E-state index < -0.39 is 41.3 Å². The number of nitrogens with two attached hydrogens (primary N) is 1. The predicted molar refractivity (Wildman–Crippen MR) is 151 cm³/mol. The van der Waals surface area contributed by atoms with Gasteiger partial charge in [-0.25, -0.2) is 0 Å². The van der Waals surface area contributed by atoms with E-state index in [0.29, 0.717) is 17.7 Å². The van der Waals surface area contributed by atoms with E-state index in [1.165, 1.54) is 11.6 Å². The van der Waals surface area contributed by atoms with E-state index in [1.54, 1.807) is 44.2 Å². The van der Waals surface area contributed by atoms with Gasteiger partial charge in [0.1, 0.15) is 0 Å². The Kier molecular flexibility index (Phi) is 12.1. The van der Waals surface area contributed by atoms with Gasteiger partial charge in [-0.15, -0.1) is 0 Å².